The minimum Gasteiger partial charge on any atom is -0.379 e. The Hall–Kier alpha value is -12.5. The van der Waals surface area contributed by atoms with E-state index in [-0.39, 0.29) is 11.8 Å². The molecule has 8 aromatic heterocycles. The first-order valence-corrected chi connectivity index (χ1v) is 47.6. The van der Waals surface area contributed by atoms with Crippen molar-refractivity contribution in [1.29, 1.82) is 0 Å². The average Bonchev–Trinajstić information content (AvgIpc) is 1.58. The monoisotopic (exact) mass is 1920 g/mol. The van der Waals surface area contributed by atoms with E-state index in [9.17, 15) is 9.59 Å². The Labute approximate surface area is 821 Å². The van der Waals surface area contributed by atoms with Crippen molar-refractivity contribution in [2.75, 3.05) is 163 Å². The molecule has 0 bridgehead atoms. The van der Waals surface area contributed by atoms with E-state index in [0.717, 1.165) is 262 Å². The third-order valence-corrected chi connectivity index (χ3v) is 25.3. The molecule has 6 aliphatic rings. The number of fused-ring (bicyclic) bond motifs is 13. The Kier molecular flexibility index (Phi) is 32.1. The van der Waals surface area contributed by atoms with E-state index in [2.05, 4.69) is 231 Å². The van der Waals surface area contributed by atoms with Crippen LogP contribution in [-0.2, 0) is 60.9 Å². The lowest BCUT2D eigenvalue weighted by atomic mass is 9.91. The van der Waals surface area contributed by atoms with Crippen molar-refractivity contribution in [3.8, 4) is 45.0 Å². The van der Waals surface area contributed by atoms with Crippen molar-refractivity contribution >= 4 is 167 Å². The van der Waals surface area contributed by atoms with Crippen LogP contribution in [-0.4, -0.2) is 238 Å². The van der Waals surface area contributed by atoms with Gasteiger partial charge in [-0.25, -0.2) is 49.8 Å². The summed E-state index contributed by atoms with van der Waals surface area (Å²) < 4.78 is 5.36. The van der Waals surface area contributed by atoms with Crippen LogP contribution in [0.25, 0.3) is 45.0 Å². The molecule has 12 aromatic rings. The summed E-state index contributed by atoms with van der Waals surface area (Å²) in [4.78, 5) is 94.6. The number of nitrogens with zero attached hydrogens (tertiary/aromatic N) is 17. The number of morpholine rings is 1. The average molecular weight is 1920 g/mol. The molecule has 0 saturated carbocycles. The normalized spacial score (nSPS) is 14.4. The number of carbonyl (C=O) groups excluding carboxylic acids is 2. The summed E-state index contributed by atoms with van der Waals surface area (Å²) in [5.41, 5.74) is 30.5. The molecular formula is C101H116ClN27O3S4. The topological polar surface area (TPSA) is 335 Å². The molecule has 1 aliphatic carbocycles. The van der Waals surface area contributed by atoms with Gasteiger partial charge in [0.15, 0.2) is 0 Å². The van der Waals surface area contributed by atoms with Crippen LogP contribution >= 0.6 is 60.5 Å². The maximum Gasteiger partial charge on any atom is 0.269 e. The molecule has 0 radical (unpaired) electrons. The molecule has 4 aromatic carbocycles. The zero-order chi connectivity index (χ0) is 96.1. The first kappa shape index (κ1) is 98.1. The van der Waals surface area contributed by atoms with Crippen LogP contribution in [0.1, 0.15) is 108 Å². The van der Waals surface area contributed by atoms with Crippen LogP contribution in [0, 0.1) is 48.5 Å². The molecule has 1 saturated heterocycles. The van der Waals surface area contributed by atoms with E-state index >= 15 is 0 Å². The second-order valence-electron chi connectivity index (χ2n) is 35.9. The highest BCUT2D eigenvalue weighted by atomic mass is 35.5. The second-order valence-corrected chi connectivity index (χ2v) is 38.3. The van der Waals surface area contributed by atoms with Crippen LogP contribution in [0.15, 0.2) is 134 Å². The number of pyridine rings is 4. The first-order chi connectivity index (χ1) is 65.3. The molecule has 18 rings (SSSR count). The van der Waals surface area contributed by atoms with E-state index in [0.29, 0.717) is 85.8 Å². The number of halogens is 1. The first-order valence-electron chi connectivity index (χ1n) is 45.6. The largest absolute Gasteiger partial charge is 0.379 e. The summed E-state index contributed by atoms with van der Waals surface area (Å²) in [6.45, 7) is 20.9. The standard InChI is InChI=1S/C27H34ClN7S.C26H29N7O2S.C25H28N6S.C23H25N7OS/c1-17-23(9-8-20(30-17)10-12-35(4)5)32-27-29-16-19-14-25(36)31-24-15-22(28)18(7-6-11-34(2)3)13-21(24)26(19)33-27;1-16-3-4-19-22(13-16)30-23(36)14-18-15-28-26(32-24(18)19)31-20-5-6-21(29-17(20)2)25(34)27-7-8-33-9-11-35-12-10-33;1-14-5-8-19-22(9-14)28-23(32)11-17-13-26-25(30-24(17)19)29-20-10-16-6-7-18(31(3)4)12-21(16)27-15(20)2;1-13-5-6-16-18(9-13)26-21(32)10-15-11-24-23(29-22(15)16)27-17-7-8-19(25-14(17)2)28-20(31)12-30(3)4/h8-9,13,15-16H,6-7,10-12,14H2,1-5H3,(H,31,36)(H,29,32,33);3-6,13,15H,7-12,14H2,1-2H3,(H,27,34)(H,30,36)(H,28,31,32);5,8-10,13,18H,6-7,11-12H2,1-4H3,(H,28,32)(H,26,29,30);5-9,11H,10,12H2,1-4H3,(H,26,32)(H,24,27,29)(H,25,28,31). The summed E-state index contributed by atoms with van der Waals surface area (Å²) in [5.74, 6) is 2.24. The lowest BCUT2D eigenvalue weighted by Crippen LogP contribution is -2.41. The Morgan fingerprint density at radius 1 is 0.471 bits per heavy atom. The van der Waals surface area contributed by atoms with Crippen molar-refractivity contribution < 1.29 is 14.3 Å². The van der Waals surface area contributed by atoms with Gasteiger partial charge < -0.3 is 77.5 Å². The molecular weight excluding hydrogens is 1800 g/mol. The minimum atomic E-state index is -0.186. The van der Waals surface area contributed by atoms with Crippen molar-refractivity contribution in [1.82, 2.24) is 89.6 Å². The van der Waals surface area contributed by atoms with Gasteiger partial charge in [0, 0.05) is 186 Å². The fourth-order valence-corrected chi connectivity index (χ4v) is 18.0. The molecule has 1 unspecified atom stereocenters. The van der Waals surface area contributed by atoms with E-state index < -0.39 is 0 Å². The van der Waals surface area contributed by atoms with Crippen LogP contribution < -0.4 is 53.2 Å². The number of anilines is 13. The molecule has 35 heteroatoms. The van der Waals surface area contributed by atoms with Gasteiger partial charge in [0.1, 0.15) is 11.5 Å². The predicted octanol–water partition coefficient (Wildman–Crippen LogP) is 16.7. The predicted molar refractivity (Wildman–Crippen MR) is 563 cm³/mol. The number of thiocarbonyl (C=S) groups is 4. The summed E-state index contributed by atoms with van der Waals surface area (Å²) in [7, 11) is 16.3. The van der Waals surface area contributed by atoms with Crippen molar-refractivity contribution in [3.05, 3.63) is 229 Å². The summed E-state index contributed by atoms with van der Waals surface area (Å²) >= 11 is 28.8. The van der Waals surface area contributed by atoms with E-state index in [1.54, 1.807) is 17.0 Å². The van der Waals surface area contributed by atoms with Gasteiger partial charge in [-0.05, 0) is 238 Å². The Bertz CT molecular complexity index is 6550. The van der Waals surface area contributed by atoms with Crippen molar-refractivity contribution in [2.45, 2.75) is 119 Å². The molecule has 5 aliphatic heterocycles. The number of hydrogen-bond donors (Lipinski definition) is 10. The lowest BCUT2D eigenvalue weighted by molar-refractivity contribution is -0.116. The van der Waals surface area contributed by atoms with Crippen molar-refractivity contribution in [2.24, 2.45) is 0 Å². The number of amides is 2. The smallest absolute Gasteiger partial charge is 0.269 e. The van der Waals surface area contributed by atoms with Crippen LogP contribution in [0.3, 0.4) is 0 Å². The SMILES string of the molecule is Cc1ccc2c(c1)NC(=S)Cc1cnc(Nc3cc4c(nc3C)CC(N(C)C)CC4)nc1-2.Cc1ccc2c(c1)NC(=S)Cc1cnc(Nc3ccc(C(=O)NCCN4CCOCC4)nc3C)nc1-2.Cc1ccc2c(c1)NC(=S)Cc1cnc(Nc3ccc(NC(=O)CN(C)C)nc3C)nc1-2.Cc1nc(CCN(C)C)ccc1Nc1ncc2c(n1)-c1cc(CCCN(C)C)c(Cl)cc1NC(=S)C2. The summed E-state index contributed by atoms with van der Waals surface area (Å²) in [6.07, 6.45) is 15.8. The van der Waals surface area contributed by atoms with E-state index in [1.165, 1.54) is 16.8 Å². The molecule has 2 amide bonds. The number of hydrogen-bond acceptors (Lipinski definition) is 28. The Balaban J connectivity index is 0.000000138. The highest BCUT2D eigenvalue weighted by molar-refractivity contribution is 7.81. The number of rotatable bonds is 23. The van der Waals surface area contributed by atoms with E-state index in [4.69, 9.17) is 95.1 Å². The second kappa shape index (κ2) is 44.6. The maximum atomic E-state index is 12.6. The van der Waals surface area contributed by atoms with E-state index in [1.807, 2.05) is 98.6 Å². The third kappa shape index (κ3) is 25.4. The van der Waals surface area contributed by atoms with Crippen LogP contribution in [0.4, 0.5) is 75.1 Å². The number of ether oxygens (including phenoxy) is 1. The third-order valence-electron chi connectivity index (χ3n) is 23.9. The lowest BCUT2D eigenvalue weighted by Gasteiger charge is -2.29. The Morgan fingerprint density at radius 2 is 0.919 bits per heavy atom. The number of nitrogens with one attached hydrogen (secondary N) is 10. The molecule has 0 spiro atoms. The number of aromatic nitrogens is 12. The molecule has 1 fully saturated rings. The highest BCUT2D eigenvalue weighted by Crippen LogP contribution is 2.42. The maximum absolute atomic E-state index is 12.6. The quantitative estimate of drug-likeness (QED) is 0.0266. The van der Waals surface area contributed by atoms with Gasteiger partial charge in [-0.15, -0.1) is 0 Å². The molecule has 10 N–H and O–H groups in total. The van der Waals surface area contributed by atoms with Gasteiger partial charge >= 0.3 is 0 Å². The van der Waals surface area contributed by atoms with Gasteiger partial charge in [0.05, 0.1) is 108 Å². The molecule has 704 valence electrons. The highest BCUT2D eigenvalue weighted by Gasteiger charge is 2.29. The molecule has 30 nitrogen and oxygen atoms in total. The molecule has 13 heterocycles. The summed E-state index contributed by atoms with van der Waals surface area (Å²) in [5, 5.41) is 33.2. The number of benzene rings is 4. The molecule has 136 heavy (non-hydrogen) atoms. The zero-order valence-corrected chi connectivity index (χ0v) is 83.6. The van der Waals surface area contributed by atoms with Crippen LogP contribution in [0.5, 0.6) is 0 Å². The van der Waals surface area contributed by atoms with Gasteiger partial charge in [-0.3, -0.25) is 24.5 Å². The fourth-order valence-electron chi connectivity index (χ4n) is 16.7. The van der Waals surface area contributed by atoms with Crippen LogP contribution in [0.2, 0.25) is 5.02 Å². The van der Waals surface area contributed by atoms with Gasteiger partial charge in [0.25, 0.3) is 5.91 Å². The number of likely N-dealkylation sites (N-methyl/N-ethyl adjacent to an activating group) is 3. The fraction of sp³-hybridized carbons (Fsp3) is 0.347. The Morgan fingerprint density at radius 3 is 1.38 bits per heavy atom. The number of carbonyl (C=O) groups is 2. The van der Waals surface area contributed by atoms with Crippen molar-refractivity contribution in [3.63, 3.8) is 0 Å². The number of aryl methyl sites for hydroxylation is 9. The van der Waals surface area contributed by atoms with Gasteiger partial charge in [-0.2, -0.15) is 0 Å². The molecule has 1 atom stereocenters. The van der Waals surface area contributed by atoms with Gasteiger partial charge in [-0.1, -0.05) is 96.9 Å². The minimum absolute atomic E-state index is 0.114. The zero-order valence-electron chi connectivity index (χ0n) is 79.6. The summed E-state index contributed by atoms with van der Waals surface area (Å²) in [6, 6.07) is 36.9. The van der Waals surface area contributed by atoms with Gasteiger partial charge in [0.2, 0.25) is 29.7 Å².